The summed E-state index contributed by atoms with van der Waals surface area (Å²) in [6, 6.07) is 0.882. The second-order valence-electron chi connectivity index (χ2n) is 5.75. The number of hydrogen-bond donors (Lipinski definition) is 1. The Morgan fingerprint density at radius 2 is 1.59 bits per heavy atom. The molecule has 0 aliphatic heterocycles. The van der Waals surface area contributed by atoms with Gasteiger partial charge in [0.05, 0.1) is 0 Å². The normalized spacial score (nSPS) is 16.1. The summed E-state index contributed by atoms with van der Waals surface area (Å²) in [5, 5.41) is 3.57. The molecule has 0 heterocycles. The van der Waals surface area contributed by atoms with Crippen molar-refractivity contribution in [1.29, 1.82) is 0 Å². The standard InChI is InChI=1S/C14H31N3/c1-16(2)12-13-17(3)11-7-5-4-6-10-15-14-8-9-14/h14-15H,4-13H2,1-3H3. The van der Waals surface area contributed by atoms with Crippen molar-refractivity contribution in [3.63, 3.8) is 0 Å². The van der Waals surface area contributed by atoms with Crippen LogP contribution in [0.15, 0.2) is 0 Å². The molecule has 3 nitrogen and oxygen atoms in total. The van der Waals surface area contributed by atoms with Gasteiger partial charge in [-0.2, -0.15) is 0 Å². The van der Waals surface area contributed by atoms with E-state index in [1.165, 1.54) is 64.7 Å². The largest absolute Gasteiger partial charge is 0.314 e. The third-order valence-electron chi connectivity index (χ3n) is 3.41. The summed E-state index contributed by atoms with van der Waals surface area (Å²) in [5.41, 5.74) is 0. The van der Waals surface area contributed by atoms with Gasteiger partial charge in [0.25, 0.3) is 0 Å². The monoisotopic (exact) mass is 241 g/mol. The van der Waals surface area contributed by atoms with E-state index in [4.69, 9.17) is 0 Å². The summed E-state index contributed by atoms with van der Waals surface area (Å²) < 4.78 is 0. The van der Waals surface area contributed by atoms with Crippen LogP contribution in [0.1, 0.15) is 38.5 Å². The molecule has 1 aliphatic rings. The SMILES string of the molecule is CN(C)CCN(C)CCCCCCNC1CC1. The van der Waals surface area contributed by atoms with Crippen molar-refractivity contribution < 1.29 is 0 Å². The van der Waals surface area contributed by atoms with Gasteiger partial charge in [0, 0.05) is 19.1 Å². The maximum absolute atomic E-state index is 3.57. The molecule has 1 rings (SSSR count). The van der Waals surface area contributed by atoms with Crippen LogP contribution in [0.5, 0.6) is 0 Å². The summed E-state index contributed by atoms with van der Waals surface area (Å²) in [5.74, 6) is 0. The summed E-state index contributed by atoms with van der Waals surface area (Å²) in [4.78, 5) is 4.70. The summed E-state index contributed by atoms with van der Waals surface area (Å²) in [6.45, 7) is 4.85. The molecule has 1 saturated carbocycles. The van der Waals surface area contributed by atoms with Gasteiger partial charge in [0.1, 0.15) is 0 Å². The van der Waals surface area contributed by atoms with E-state index < -0.39 is 0 Å². The van der Waals surface area contributed by atoms with Crippen molar-refractivity contribution in [2.75, 3.05) is 47.3 Å². The zero-order valence-electron chi connectivity index (χ0n) is 12.0. The summed E-state index contributed by atoms with van der Waals surface area (Å²) in [7, 11) is 6.51. The lowest BCUT2D eigenvalue weighted by atomic mass is 10.2. The van der Waals surface area contributed by atoms with Crippen LogP contribution < -0.4 is 5.32 Å². The molecule has 1 aliphatic carbocycles. The molecule has 102 valence electrons. The first-order chi connectivity index (χ1) is 8.18. The fourth-order valence-electron chi connectivity index (χ4n) is 1.94. The number of hydrogen-bond acceptors (Lipinski definition) is 3. The molecular formula is C14H31N3. The van der Waals surface area contributed by atoms with Gasteiger partial charge >= 0.3 is 0 Å². The van der Waals surface area contributed by atoms with Crippen LogP contribution in [0.4, 0.5) is 0 Å². The molecule has 0 saturated heterocycles. The molecule has 0 radical (unpaired) electrons. The second-order valence-corrected chi connectivity index (χ2v) is 5.75. The first kappa shape index (κ1) is 14.9. The van der Waals surface area contributed by atoms with Crippen LogP contribution in [0.25, 0.3) is 0 Å². The Labute approximate surface area is 108 Å². The zero-order valence-corrected chi connectivity index (χ0v) is 12.0. The van der Waals surface area contributed by atoms with Crippen molar-refractivity contribution in [3.05, 3.63) is 0 Å². The van der Waals surface area contributed by atoms with Gasteiger partial charge in [-0.3, -0.25) is 0 Å². The van der Waals surface area contributed by atoms with Gasteiger partial charge in [-0.15, -0.1) is 0 Å². The predicted octanol–water partition coefficient (Wildman–Crippen LogP) is 1.79. The number of nitrogens with zero attached hydrogens (tertiary/aromatic N) is 2. The maximum Gasteiger partial charge on any atom is 0.0106 e. The van der Waals surface area contributed by atoms with E-state index in [1.807, 2.05) is 0 Å². The lowest BCUT2D eigenvalue weighted by Gasteiger charge is -2.19. The van der Waals surface area contributed by atoms with Gasteiger partial charge in [0.15, 0.2) is 0 Å². The average molecular weight is 241 g/mol. The molecule has 1 fully saturated rings. The fraction of sp³-hybridized carbons (Fsp3) is 1.00. The van der Waals surface area contributed by atoms with E-state index in [0.29, 0.717) is 0 Å². The van der Waals surface area contributed by atoms with Gasteiger partial charge in [0.2, 0.25) is 0 Å². The quantitative estimate of drug-likeness (QED) is 0.556. The van der Waals surface area contributed by atoms with Crippen LogP contribution in [0, 0.1) is 0 Å². The number of nitrogens with one attached hydrogen (secondary N) is 1. The minimum atomic E-state index is 0.882. The topological polar surface area (TPSA) is 18.5 Å². The van der Waals surface area contributed by atoms with Gasteiger partial charge < -0.3 is 15.1 Å². The Kier molecular flexibility index (Phi) is 7.82. The third kappa shape index (κ3) is 9.57. The van der Waals surface area contributed by atoms with Crippen molar-refractivity contribution >= 4 is 0 Å². The van der Waals surface area contributed by atoms with Gasteiger partial charge in [-0.25, -0.2) is 0 Å². The first-order valence-electron chi connectivity index (χ1n) is 7.25. The zero-order chi connectivity index (χ0) is 12.5. The number of unbranched alkanes of at least 4 members (excludes halogenated alkanes) is 3. The van der Waals surface area contributed by atoms with E-state index in [1.54, 1.807) is 0 Å². The highest BCUT2D eigenvalue weighted by Crippen LogP contribution is 2.18. The Hall–Kier alpha value is -0.120. The molecule has 0 unspecified atom stereocenters. The molecule has 0 aromatic rings. The van der Waals surface area contributed by atoms with E-state index in [9.17, 15) is 0 Å². The Balaban J connectivity index is 1.75. The average Bonchev–Trinajstić information content (AvgIpc) is 3.09. The Morgan fingerprint density at radius 1 is 0.882 bits per heavy atom. The fourth-order valence-corrected chi connectivity index (χ4v) is 1.94. The van der Waals surface area contributed by atoms with Gasteiger partial charge in [-0.05, 0) is 59.9 Å². The van der Waals surface area contributed by atoms with Crippen LogP contribution in [0.2, 0.25) is 0 Å². The Morgan fingerprint density at radius 3 is 2.24 bits per heavy atom. The molecule has 0 amide bonds. The van der Waals surface area contributed by atoms with Crippen LogP contribution in [-0.4, -0.2) is 63.2 Å². The third-order valence-corrected chi connectivity index (χ3v) is 3.41. The van der Waals surface area contributed by atoms with E-state index in [0.717, 1.165) is 6.04 Å². The first-order valence-corrected chi connectivity index (χ1v) is 7.25. The number of likely N-dealkylation sites (N-methyl/N-ethyl adjacent to an activating group) is 2. The number of rotatable bonds is 11. The predicted molar refractivity (Wildman–Crippen MR) is 75.5 cm³/mol. The summed E-state index contributed by atoms with van der Waals surface area (Å²) in [6.07, 6.45) is 8.32. The molecule has 0 atom stereocenters. The molecule has 17 heavy (non-hydrogen) atoms. The molecule has 3 heteroatoms. The van der Waals surface area contributed by atoms with Crippen molar-refractivity contribution in [2.24, 2.45) is 0 Å². The minimum Gasteiger partial charge on any atom is -0.314 e. The highest BCUT2D eigenvalue weighted by Gasteiger charge is 2.19. The van der Waals surface area contributed by atoms with Crippen LogP contribution >= 0.6 is 0 Å². The maximum atomic E-state index is 3.57. The Bertz CT molecular complexity index is 178. The van der Waals surface area contributed by atoms with E-state index in [-0.39, 0.29) is 0 Å². The van der Waals surface area contributed by atoms with Crippen molar-refractivity contribution in [1.82, 2.24) is 15.1 Å². The lowest BCUT2D eigenvalue weighted by molar-refractivity contribution is 0.277. The minimum absolute atomic E-state index is 0.882. The second kappa shape index (κ2) is 8.90. The van der Waals surface area contributed by atoms with Crippen molar-refractivity contribution in [3.8, 4) is 0 Å². The summed E-state index contributed by atoms with van der Waals surface area (Å²) >= 11 is 0. The van der Waals surface area contributed by atoms with E-state index >= 15 is 0 Å². The van der Waals surface area contributed by atoms with E-state index in [2.05, 4.69) is 36.3 Å². The molecular weight excluding hydrogens is 210 g/mol. The molecule has 0 aromatic heterocycles. The van der Waals surface area contributed by atoms with Gasteiger partial charge in [-0.1, -0.05) is 12.8 Å². The lowest BCUT2D eigenvalue weighted by Crippen LogP contribution is -2.29. The smallest absolute Gasteiger partial charge is 0.0106 e. The van der Waals surface area contributed by atoms with Crippen LogP contribution in [-0.2, 0) is 0 Å². The molecule has 0 bridgehead atoms. The molecule has 1 N–H and O–H groups in total. The molecule has 0 aromatic carbocycles. The van der Waals surface area contributed by atoms with Crippen molar-refractivity contribution in [2.45, 2.75) is 44.6 Å². The highest BCUT2D eigenvalue weighted by molar-refractivity contribution is 4.80. The molecule has 0 spiro atoms. The highest BCUT2D eigenvalue weighted by atomic mass is 15.1. The van der Waals surface area contributed by atoms with Crippen LogP contribution in [0.3, 0.4) is 0 Å².